The Hall–Kier alpha value is -1.33. The second kappa shape index (κ2) is 10.4. The minimum absolute atomic E-state index is 0.0637. The number of benzene rings is 1. The maximum atomic E-state index is 14.6. The zero-order chi connectivity index (χ0) is 19.9. The maximum Gasteiger partial charge on any atom is 0.142 e. The molecule has 2 saturated carbocycles. The van der Waals surface area contributed by atoms with Crippen molar-refractivity contribution in [1.82, 2.24) is 0 Å². The van der Waals surface area contributed by atoms with Crippen molar-refractivity contribution in [2.24, 2.45) is 17.8 Å². The number of halogens is 3. The van der Waals surface area contributed by atoms with E-state index in [1.807, 2.05) is 6.08 Å². The molecule has 0 bridgehead atoms. The van der Waals surface area contributed by atoms with Crippen LogP contribution >= 0.6 is 11.6 Å². The van der Waals surface area contributed by atoms with Crippen LogP contribution in [0.25, 0.3) is 0 Å². The van der Waals surface area contributed by atoms with E-state index in [9.17, 15) is 8.78 Å². The van der Waals surface area contributed by atoms with Gasteiger partial charge < -0.3 is 0 Å². The van der Waals surface area contributed by atoms with Crippen LogP contribution in [0.5, 0.6) is 0 Å². The summed E-state index contributed by atoms with van der Waals surface area (Å²) in [6.07, 6.45) is 12.9. The van der Waals surface area contributed by atoms with Crippen LogP contribution in [0.15, 0.2) is 23.7 Å². The van der Waals surface area contributed by atoms with E-state index in [0.717, 1.165) is 50.0 Å². The van der Waals surface area contributed by atoms with Crippen molar-refractivity contribution in [1.29, 1.82) is 0 Å². The zero-order valence-electron chi connectivity index (χ0n) is 16.8. The molecular formula is C25H31ClF2. The van der Waals surface area contributed by atoms with E-state index in [1.54, 1.807) is 5.54 Å². The highest BCUT2D eigenvalue weighted by Crippen LogP contribution is 2.38. The summed E-state index contributed by atoms with van der Waals surface area (Å²) in [5.74, 6) is 6.71. The third-order valence-corrected chi connectivity index (χ3v) is 6.74. The lowest BCUT2D eigenvalue weighted by atomic mass is 9.77. The molecule has 0 unspecified atom stereocenters. The summed E-state index contributed by atoms with van der Waals surface area (Å²) >= 11 is 5.65. The summed E-state index contributed by atoms with van der Waals surface area (Å²) in [6, 6.07) is 3.06. The van der Waals surface area contributed by atoms with E-state index in [-0.39, 0.29) is 17.4 Å². The van der Waals surface area contributed by atoms with Crippen LogP contribution in [0, 0.1) is 41.2 Å². The van der Waals surface area contributed by atoms with Gasteiger partial charge in [0, 0.05) is 11.5 Å². The first-order valence-electron chi connectivity index (χ1n) is 10.9. The maximum absolute atomic E-state index is 14.6. The summed E-state index contributed by atoms with van der Waals surface area (Å²) in [6.45, 7) is 2.22. The van der Waals surface area contributed by atoms with Crippen molar-refractivity contribution in [3.63, 3.8) is 0 Å². The predicted octanol–water partition coefficient (Wildman–Crippen LogP) is 7.95. The van der Waals surface area contributed by atoms with Crippen LogP contribution < -0.4 is 0 Å². The molecule has 0 spiro atoms. The minimum atomic E-state index is -0.503. The van der Waals surface area contributed by atoms with E-state index < -0.39 is 11.6 Å². The second-order valence-corrected chi connectivity index (χ2v) is 8.82. The Morgan fingerprint density at radius 2 is 1.64 bits per heavy atom. The highest BCUT2D eigenvalue weighted by Gasteiger charge is 2.24. The number of hydrogen-bond donors (Lipinski definition) is 0. The molecule has 0 radical (unpaired) electrons. The molecule has 152 valence electrons. The van der Waals surface area contributed by atoms with E-state index in [2.05, 4.69) is 18.8 Å². The largest absolute Gasteiger partial charge is 0.206 e. The fraction of sp³-hybridized carbons (Fsp3) is 0.600. The van der Waals surface area contributed by atoms with Crippen molar-refractivity contribution in [3.05, 3.63) is 46.5 Å². The Kier molecular flexibility index (Phi) is 7.98. The van der Waals surface area contributed by atoms with Gasteiger partial charge in [0.25, 0.3) is 0 Å². The van der Waals surface area contributed by atoms with Crippen molar-refractivity contribution < 1.29 is 8.78 Å². The molecule has 3 rings (SSSR count). The Labute approximate surface area is 173 Å². The molecular weight excluding hydrogens is 374 g/mol. The van der Waals surface area contributed by atoms with Gasteiger partial charge in [0.2, 0.25) is 0 Å². The third kappa shape index (κ3) is 5.60. The standard InChI is InChI=1S/C25H31ClF2/c1-2-3-18-8-11-21(12-9-18)22-16-24(27)23(25(28)17-22)13-10-19-4-6-20(7-5-19)14-15-26/h14-21H,2-9,11-12H2,1H3. The van der Waals surface area contributed by atoms with Crippen LogP contribution in [0.1, 0.15) is 88.2 Å². The minimum Gasteiger partial charge on any atom is -0.206 e. The first-order chi connectivity index (χ1) is 13.6. The highest BCUT2D eigenvalue weighted by atomic mass is 35.5. The molecule has 1 aromatic rings. The van der Waals surface area contributed by atoms with Crippen molar-refractivity contribution in [2.75, 3.05) is 0 Å². The normalized spacial score (nSPS) is 28.1. The van der Waals surface area contributed by atoms with Crippen LogP contribution in [0.4, 0.5) is 8.78 Å². The number of allylic oxidation sites excluding steroid dienone is 1. The quantitative estimate of drug-likeness (QED) is 0.446. The topological polar surface area (TPSA) is 0 Å². The number of hydrogen-bond acceptors (Lipinski definition) is 0. The van der Waals surface area contributed by atoms with Crippen molar-refractivity contribution in [2.45, 2.75) is 77.0 Å². The summed E-state index contributed by atoms with van der Waals surface area (Å²) in [5.41, 5.74) is 2.33. The summed E-state index contributed by atoms with van der Waals surface area (Å²) in [4.78, 5) is 0. The highest BCUT2D eigenvalue weighted by molar-refractivity contribution is 6.25. The Balaban J connectivity index is 1.64. The fourth-order valence-corrected chi connectivity index (χ4v) is 5.08. The van der Waals surface area contributed by atoms with Gasteiger partial charge in [-0.15, -0.1) is 0 Å². The first kappa shape index (κ1) is 21.4. The van der Waals surface area contributed by atoms with Crippen LogP contribution in [0.2, 0.25) is 0 Å². The lowest BCUT2D eigenvalue weighted by molar-refractivity contribution is 0.307. The smallest absolute Gasteiger partial charge is 0.142 e. The van der Waals surface area contributed by atoms with Gasteiger partial charge in [-0.2, -0.15) is 0 Å². The van der Waals surface area contributed by atoms with Gasteiger partial charge in [0.15, 0.2) is 0 Å². The van der Waals surface area contributed by atoms with Gasteiger partial charge in [0.1, 0.15) is 11.6 Å². The average Bonchev–Trinajstić information content (AvgIpc) is 2.69. The predicted molar refractivity (Wildman–Crippen MR) is 113 cm³/mol. The van der Waals surface area contributed by atoms with Gasteiger partial charge in [-0.1, -0.05) is 49.3 Å². The second-order valence-electron chi connectivity index (χ2n) is 8.57. The first-order valence-corrected chi connectivity index (χ1v) is 11.3. The molecule has 0 aliphatic heterocycles. The molecule has 2 aliphatic rings. The molecule has 3 heteroatoms. The van der Waals surface area contributed by atoms with E-state index in [0.29, 0.717) is 5.92 Å². The zero-order valence-corrected chi connectivity index (χ0v) is 17.6. The SMILES string of the molecule is CCCC1CCC(c2cc(F)c(C#CC3CCC(C=CCl)CC3)c(F)c2)CC1. The molecule has 0 saturated heterocycles. The van der Waals surface area contributed by atoms with Crippen molar-refractivity contribution >= 4 is 11.6 Å². The lowest BCUT2D eigenvalue weighted by Crippen LogP contribution is -2.14. The number of rotatable bonds is 4. The van der Waals surface area contributed by atoms with Gasteiger partial charge in [-0.05, 0) is 86.8 Å². The molecule has 2 fully saturated rings. The van der Waals surface area contributed by atoms with E-state index in [4.69, 9.17) is 11.6 Å². The summed E-state index contributed by atoms with van der Waals surface area (Å²) in [5, 5.41) is 0. The monoisotopic (exact) mass is 404 g/mol. The Morgan fingerprint density at radius 1 is 1.00 bits per heavy atom. The summed E-state index contributed by atoms with van der Waals surface area (Å²) < 4.78 is 29.2. The molecule has 28 heavy (non-hydrogen) atoms. The Bertz CT molecular complexity index is 704. The molecule has 0 atom stereocenters. The van der Waals surface area contributed by atoms with Gasteiger partial charge >= 0.3 is 0 Å². The average molecular weight is 405 g/mol. The molecule has 1 aromatic carbocycles. The molecule has 0 heterocycles. The molecule has 0 amide bonds. The Morgan fingerprint density at radius 3 is 2.21 bits per heavy atom. The van der Waals surface area contributed by atoms with Crippen LogP contribution in [-0.2, 0) is 0 Å². The molecule has 0 aromatic heterocycles. The van der Waals surface area contributed by atoms with Gasteiger partial charge in [-0.25, -0.2) is 8.78 Å². The molecule has 0 nitrogen and oxygen atoms in total. The van der Waals surface area contributed by atoms with Gasteiger partial charge in [0.05, 0.1) is 5.56 Å². The summed E-state index contributed by atoms with van der Waals surface area (Å²) in [7, 11) is 0. The fourth-order valence-electron chi connectivity index (χ4n) is 4.87. The van der Waals surface area contributed by atoms with E-state index in [1.165, 1.54) is 37.8 Å². The molecule has 2 aliphatic carbocycles. The lowest BCUT2D eigenvalue weighted by Gasteiger charge is -2.28. The van der Waals surface area contributed by atoms with Crippen molar-refractivity contribution in [3.8, 4) is 11.8 Å². The van der Waals surface area contributed by atoms with Gasteiger partial charge in [-0.3, -0.25) is 0 Å². The molecule has 0 N–H and O–H groups in total. The van der Waals surface area contributed by atoms with E-state index >= 15 is 0 Å². The van der Waals surface area contributed by atoms with Crippen LogP contribution in [-0.4, -0.2) is 0 Å². The third-order valence-electron chi connectivity index (χ3n) is 6.60. The van der Waals surface area contributed by atoms with Crippen LogP contribution in [0.3, 0.4) is 0 Å².